The van der Waals surface area contributed by atoms with E-state index in [1.165, 1.54) is 109 Å². The van der Waals surface area contributed by atoms with Gasteiger partial charge in [0.1, 0.15) is 0 Å². The molecule has 62 heavy (non-hydrogen) atoms. The third-order valence-electron chi connectivity index (χ3n) is 13.1. The first-order chi connectivity index (χ1) is 30.7. The van der Waals surface area contributed by atoms with Gasteiger partial charge < -0.3 is 9.13 Å². The lowest BCUT2D eigenvalue weighted by atomic mass is 9.95. The maximum Gasteiger partial charge on any atom is 0.0541 e. The first-order valence-corrected chi connectivity index (χ1v) is 21.4. The van der Waals surface area contributed by atoms with Gasteiger partial charge in [0.2, 0.25) is 0 Å². The molecule has 2 heterocycles. The van der Waals surface area contributed by atoms with E-state index in [-0.39, 0.29) is 0 Å². The maximum atomic E-state index is 2.41. The highest BCUT2D eigenvalue weighted by Gasteiger charge is 2.17. The van der Waals surface area contributed by atoms with Crippen LogP contribution in [-0.4, -0.2) is 9.13 Å². The fourth-order valence-electron chi connectivity index (χ4n) is 10.1. The highest BCUT2D eigenvalue weighted by molar-refractivity contribution is 6.18. The van der Waals surface area contributed by atoms with Crippen LogP contribution in [0, 0.1) is 0 Å². The molecular formula is C60H38N2. The van der Waals surface area contributed by atoms with E-state index in [0.29, 0.717) is 0 Å². The van der Waals surface area contributed by atoms with E-state index in [2.05, 4.69) is 240 Å². The number of para-hydroxylation sites is 2. The summed E-state index contributed by atoms with van der Waals surface area (Å²) in [5, 5.41) is 12.7. The summed E-state index contributed by atoms with van der Waals surface area (Å²) < 4.78 is 4.82. The van der Waals surface area contributed by atoms with Crippen molar-refractivity contribution in [3.8, 4) is 44.8 Å². The van der Waals surface area contributed by atoms with Gasteiger partial charge in [-0.2, -0.15) is 0 Å². The van der Waals surface area contributed by atoms with Crippen LogP contribution in [0.5, 0.6) is 0 Å². The summed E-state index contributed by atoms with van der Waals surface area (Å²) in [4.78, 5) is 0. The van der Waals surface area contributed by atoms with Crippen LogP contribution >= 0.6 is 0 Å². The van der Waals surface area contributed by atoms with Crippen molar-refractivity contribution >= 4 is 75.9 Å². The summed E-state index contributed by atoms with van der Waals surface area (Å²) in [7, 11) is 0. The Bertz CT molecular complexity index is 3900. The van der Waals surface area contributed by atoms with E-state index < -0.39 is 0 Å². The number of nitrogens with zero attached hydrogens (tertiary/aromatic N) is 2. The number of hydrogen-bond donors (Lipinski definition) is 0. The molecule has 288 valence electrons. The Morgan fingerprint density at radius 3 is 1.34 bits per heavy atom. The van der Waals surface area contributed by atoms with Gasteiger partial charge in [-0.05, 0) is 132 Å². The highest BCUT2D eigenvalue weighted by atomic mass is 15.0. The molecule has 0 bridgehead atoms. The zero-order valence-corrected chi connectivity index (χ0v) is 33.8. The summed E-state index contributed by atoms with van der Waals surface area (Å²) in [6.07, 6.45) is 0. The van der Waals surface area contributed by atoms with Crippen LogP contribution in [0.1, 0.15) is 0 Å². The van der Waals surface area contributed by atoms with Gasteiger partial charge in [-0.1, -0.05) is 164 Å². The zero-order chi connectivity index (χ0) is 40.7. The second kappa shape index (κ2) is 13.7. The van der Waals surface area contributed by atoms with Gasteiger partial charge in [0.25, 0.3) is 0 Å². The second-order valence-electron chi connectivity index (χ2n) is 16.5. The topological polar surface area (TPSA) is 9.86 Å². The van der Waals surface area contributed by atoms with Crippen molar-refractivity contribution in [2.75, 3.05) is 0 Å². The summed E-state index contributed by atoms with van der Waals surface area (Å²) in [5.41, 5.74) is 14.4. The van der Waals surface area contributed by atoms with Crippen molar-refractivity contribution in [1.29, 1.82) is 0 Å². The van der Waals surface area contributed by atoms with Crippen molar-refractivity contribution in [1.82, 2.24) is 9.13 Å². The molecule has 0 aliphatic carbocycles. The Hall–Kier alpha value is -8.20. The number of benzene rings is 11. The molecule has 2 aromatic heterocycles. The van der Waals surface area contributed by atoms with Crippen LogP contribution in [-0.2, 0) is 0 Å². The Balaban J connectivity index is 0.877. The lowest BCUT2D eigenvalue weighted by Gasteiger charge is -2.12. The SMILES string of the molecule is c1ccc(-c2cccc(-n3c4ccccc4c4cc(-c5ccc6c(c5)c5ccccc5n6-c5ccc(-c6ccc7c(ccc8c9ccccc9ccc78)c6)cc5)ccc43)c2)cc1. The van der Waals surface area contributed by atoms with E-state index in [0.717, 1.165) is 11.4 Å². The number of aromatic nitrogens is 2. The van der Waals surface area contributed by atoms with Crippen molar-refractivity contribution in [3.63, 3.8) is 0 Å². The molecule has 0 spiro atoms. The standard InChI is InChI=1S/C60H38N2/c1-2-11-39(12-3-1)42-14-10-15-48(36-42)62-58-20-9-7-18-54(58)56-38-45(27-34-60(56)62)44-26-33-59-55(37-44)53-17-6-8-19-57(53)61(59)47-28-21-40(22-29-47)43-24-30-50-46(35-43)25-32-51-49-16-5-4-13-41(49)23-31-52(50)51/h1-38H. The lowest BCUT2D eigenvalue weighted by Crippen LogP contribution is -1.94. The molecule has 0 amide bonds. The third-order valence-corrected chi connectivity index (χ3v) is 13.1. The minimum Gasteiger partial charge on any atom is -0.309 e. The molecular weight excluding hydrogens is 749 g/mol. The van der Waals surface area contributed by atoms with E-state index >= 15 is 0 Å². The van der Waals surface area contributed by atoms with Crippen LogP contribution in [0.4, 0.5) is 0 Å². The minimum absolute atomic E-state index is 1.15. The van der Waals surface area contributed by atoms with E-state index in [1.807, 2.05) is 0 Å². The number of fused-ring (bicyclic) bond motifs is 11. The molecule has 13 rings (SSSR count). The van der Waals surface area contributed by atoms with Crippen LogP contribution in [0.25, 0.3) is 121 Å². The van der Waals surface area contributed by atoms with Crippen LogP contribution in [0.15, 0.2) is 231 Å². The highest BCUT2D eigenvalue weighted by Crippen LogP contribution is 2.40. The smallest absolute Gasteiger partial charge is 0.0541 e. The van der Waals surface area contributed by atoms with Gasteiger partial charge >= 0.3 is 0 Å². The Morgan fingerprint density at radius 2 is 0.645 bits per heavy atom. The predicted molar refractivity (Wildman–Crippen MR) is 264 cm³/mol. The summed E-state index contributed by atoms with van der Waals surface area (Å²) in [6.45, 7) is 0. The summed E-state index contributed by atoms with van der Waals surface area (Å²) in [5.74, 6) is 0. The van der Waals surface area contributed by atoms with Gasteiger partial charge in [-0.3, -0.25) is 0 Å². The summed E-state index contributed by atoms with van der Waals surface area (Å²) >= 11 is 0. The first-order valence-electron chi connectivity index (χ1n) is 21.4. The van der Waals surface area contributed by atoms with Crippen LogP contribution < -0.4 is 0 Å². The van der Waals surface area contributed by atoms with Gasteiger partial charge in [0.15, 0.2) is 0 Å². The molecule has 2 heteroatoms. The average Bonchev–Trinajstić information content (AvgIpc) is 3.86. The zero-order valence-electron chi connectivity index (χ0n) is 33.8. The van der Waals surface area contributed by atoms with E-state index in [9.17, 15) is 0 Å². The monoisotopic (exact) mass is 786 g/mol. The van der Waals surface area contributed by atoms with Crippen molar-refractivity contribution in [2.24, 2.45) is 0 Å². The first kappa shape index (κ1) is 34.6. The molecule has 0 unspecified atom stereocenters. The van der Waals surface area contributed by atoms with Crippen molar-refractivity contribution in [2.45, 2.75) is 0 Å². The van der Waals surface area contributed by atoms with Gasteiger partial charge in [0, 0.05) is 32.9 Å². The molecule has 0 saturated carbocycles. The quantitative estimate of drug-likeness (QED) is 0.154. The van der Waals surface area contributed by atoms with E-state index in [1.54, 1.807) is 0 Å². The molecule has 0 aliphatic heterocycles. The van der Waals surface area contributed by atoms with Crippen molar-refractivity contribution < 1.29 is 0 Å². The predicted octanol–water partition coefficient (Wildman–Crippen LogP) is 16.3. The van der Waals surface area contributed by atoms with Crippen LogP contribution in [0.3, 0.4) is 0 Å². The average molecular weight is 787 g/mol. The van der Waals surface area contributed by atoms with Gasteiger partial charge in [0.05, 0.1) is 22.1 Å². The van der Waals surface area contributed by atoms with Crippen molar-refractivity contribution in [3.05, 3.63) is 231 Å². The third kappa shape index (κ3) is 5.37. The Morgan fingerprint density at radius 1 is 0.194 bits per heavy atom. The molecule has 13 aromatic rings. The molecule has 0 radical (unpaired) electrons. The molecule has 0 fully saturated rings. The fraction of sp³-hybridized carbons (Fsp3) is 0. The van der Waals surface area contributed by atoms with E-state index in [4.69, 9.17) is 0 Å². The summed E-state index contributed by atoms with van der Waals surface area (Å²) in [6, 6.07) is 84.7. The van der Waals surface area contributed by atoms with Gasteiger partial charge in [-0.15, -0.1) is 0 Å². The molecule has 2 nitrogen and oxygen atoms in total. The lowest BCUT2D eigenvalue weighted by molar-refractivity contribution is 1.18. The molecule has 11 aromatic carbocycles. The number of rotatable bonds is 5. The molecule has 0 N–H and O–H groups in total. The Labute approximate surface area is 358 Å². The Kier molecular flexibility index (Phi) is 7.64. The molecule has 0 atom stereocenters. The second-order valence-corrected chi connectivity index (χ2v) is 16.5. The number of hydrogen-bond acceptors (Lipinski definition) is 0. The molecule has 0 saturated heterocycles. The maximum absolute atomic E-state index is 2.41. The van der Waals surface area contributed by atoms with Crippen LogP contribution in [0.2, 0.25) is 0 Å². The normalized spacial score (nSPS) is 11.9. The molecule has 0 aliphatic rings. The minimum atomic E-state index is 1.15. The largest absolute Gasteiger partial charge is 0.309 e. The van der Waals surface area contributed by atoms with Gasteiger partial charge in [-0.25, -0.2) is 0 Å². The fourth-order valence-corrected chi connectivity index (χ4v) is 10.1.